The molecule has 0 aliphatic heterocycles. The highest BCUT2D eigenvalue weighted by atomic mass is 16.5. The third-order valence-corrected chi connectivity index (χ3v) is 3.80. The minimum absolute atomic E-state index is 0.154. The van der Waals surface area contributed by atoms with Gasteiger partial charge in [-0.15, -0.1) is 0 Å². The van der Waals surface area contributed by atoms with Gasteiger partial charge in [-0.2, -0.15) is 0 Å². The second kappa shape index (κ2) is 7.65. The average molecular weight is 279 g/mol. The summed E-state index contributed by atoms with van der Waals surface area (Å²) in [5, 5.41) is 3.57. The van der Waals surface area contributed by atoms with Gasteiger partial charge in [0.1, 0.15) is 5.75 Å². The zero-order chi connectivity index (χ0) is 15.3. The fourth-order valence-electron chi connectivity index (χ4n) is 2.78. The van der Waals surface area contributed by atoms with Gasteiger partial charge < -0.3 is 14.8 Å². The first-order valence-corrected chi connectivity index (χ1v) is 7.37. The highest BCUT2D eigenvalue weighted by Gasteiger charge is 2.27. The van der Waals surface area contributed by atoms with Crippen molar-refractivity contribution < 1.29 is 9.47 Å². The van der Waals surface area contributed by atoms with E-state index in [0.29, 0.717) is 5.92 Å². The average Bonchev–Trinajstić information content (AvgIpc) is 2.40. The molecule has 1 aromatic rings. The number of nitrogens with one attached hydrogen (secondary N) is 1. The van der Waals surface area contributed by atoms with Crippen LogP contribution in [0.4, 0.5) is 0 Å². The number of hydrogen-bond donors (Lipinski definition) is 1. The molecule has 1 rings (SSSR count). The van der Waals surface area contributed by atoms with Crippen LogP contribution in [0.3, 0.4) is 0 Å². The molecule has 0 spiro atoms. The molecule has 3 nitrogen and oxygen atoms in total. The molecule has 0 saturated heterocycles. The molecule has 0 aliphatic carbocycles. The van der Waals surface area contributed by atoms with Crippen LogP contribution in [-0.2, 0) is 4.74 Å². The molecule has 0 amide bonds. The first-order valence-electron chi connectivity index (χ1n) is 7.37. The third-order valence-electron chi connectivity index (χ3n) is 3.80. The second-order valence-corrected chi connectivity index (χ2v) is 5.66. The van der Waals surface area contributed by atoms with E-state index in [0.717, 1.165) is 17.9 Å². The van der Waals surface area contributed by atoms with Crippen molar-refractivity contribution in [2.24, 2.45) is 5.92 Å². The molecule has 20 heavy (non-hydrogen) atoms. The fraction of sp³-hybridized carbons (Fsp3) is 0.647. The smallest absolute Gasteiger partial charge is 0.122 e. The van der Waals surface area contributed by atoms with Crippen LogP contribution in [0, 0.1) is 19.8 Å². The molecule has 0 aromatic heterocycles. The molecule has 2 unspecified atom stereocenters. The SMILES string of the molecule is CCNC(c1cc(C)c(OC)cc1C)C(OC)C(C)C. The molecule has 0 fully saturated rings. The molecule has 0 aliphatic rings. The molecule has 3 heteroatoms. The number of methoxy groups -OCH3 is 2. The van der Waals surface area contributed by atoms with Crippen LogP contribution in [0.2, 0.25) is 0 Å². The van der Waals surface area contributed by atoms with Gasteiger partial charge in [-0.05, 0) is 49.1 Å². The zero-order valence-corrected chi connectivity index (χ0v) is 13.9. The Morgan fingerprint density at radius 3 is 2.20 bits per heavy atom. The van der Waals surface area contributed by atoms with Gasteiger partial charge in [0.25, 0.3) is 0 Å². The number of ether oxygens (including phenoxy) is 2. The number of aryl methyl sites for hydroxylation is 2. The molecule has 1 N–H and O–H groups in total. The number of likely N-dealkylation sites (N-methyl/N-ethyl adjacent to an activating group) is 1. The van der Waals surface area contributed by atoms with Gasteiger partial charge in [-0.25, -0.2) is 0 Å². The van der Waals surface area contributed by atoms with Crippen LogP contribution >= 0.6 is 0 Å². The van der Waals surface area contributed by atoms with Crippen LogP contribution < -0.4 is 10.1 Å². The number of hydrogen-bond acceptors (Lipinski definition) is 3. The van der Waals surface area contributed by atoms with E-state index >= 15 is 0 Å². The van der Waals surface area contributed by atoms with Gasteiger partial charge in [0.15, 0.2) is 0 Å². The Hall–Kier alpha value is -1.06. The summed E-state index contributed by atoms with van der Waals surface area (Å²) >= 11 is 0. The summed E-state index contributed by atoms with van der Waals surface area (Å²) < 4.78 is 11.1. The summed E-state index contributed by atoms with van der Waals surface area (Å²) in [6, 6.07) is 4.53. The monoisotopic (exact) mass is 279 g/mol. The standard InChI is InChI=1S/C17H29NO2/c1-8-18-16(17(20-7)11(2)3)14-9-13(5)15(19-6)10-12(14)4/h9-11,16-18H,8H2,1-7H3. The molecule has 0 heterocycles. The molecule has 1 aromatic carbocycles. The van der Waals surface area contributed by atoms with Crippen molar-refractivity contribution in [1.82, 2.24) is 5.32 Å². The Kier molecular flexibility index (Phi) is 6.50. The van der Waals surface area contributed by atoms with Gasteiger partial charge in [-0.3, -0.25) is 0 Å². The Balaban J connectivity index is 3.24. The van der Waals surface area contributed by atoms with E-state index in [4.69, 9.17) is 9.47 Å². The summed E-state index contributed by atoms with van der Waals surface area (Å²) in [6.07, 6.45) is 0.154. The highest BCUT2D eigenvalue weighted by molar-refractivity contribution is 5.43. The van der Waals surface area contributed by atoms with Crippen LogP contribution in [0.5, 0.6) is 5.75 Å². The van der Waals surface area contributed by atoms with Crippen molar-refractivity contribution in [3.8, 4) is 5.75 Å². The minimum atomic E-state index is 0.154. The van der Waals surface area contributed by atoms with Gasteiger partial charge >= 0.3 is 0 Å². The van der Waals surface area contributed by atoms with Crippen LogP contribution in [-0.4, -0.2) is 26.9 Å². The van der Waals surface area contributed by atoms with Crippen molar-refractivity contribution in [2.75, 3.05) is 20.8 Å². The van der Waals surface area contributed by atoms with E-state index in [1.165, 1.54) is 11.1 Å². The molecule has 0 saturated carbocycles. The van der Waals surface area contributed by atoms with Crippen LogP contribution in [0.15, 0.2) is 12.1 Å². The highest BCUT2D eigenvalue weighted by Crippen LogP contribution is 2.31. The Labute approximate surface area is 123 Å². The van der Waals surface area contributed by atoms with E-state index in [2.05, 4.69) is 52.1 Å². The molecule has 2 atom stereocenters. The maximum atomic E-state index is 5.74. The quantitative estimate of drug-likeness (QED) is 0.826. The normalized spacial score (nSPS) is 14.4. The Morgan fingerprint density at radius 2 is 1.75 bits per heavy atom. The number of rotatable bonds is 7. The topological polar surface area (TPSA) is 30.5 Å². The van der Waals surface area contributed by atoms with E-state index in [1.54, 1.807) is 14.2 Å². The van der Waals surface area contributed by atoms with Crippen LogP contribution in [0.25, 0.3) is 0 Å². The molecular formula is C17H29NO2. The lowest BCUT2D eigenvalue weighted by Crippen LogP contribution is -2.37. The minimum Gasteiger partial charge on any atom is -0.496 e. The van der Waals surface area contributed by atoms with E-state index in [-0.39, 0.29) is 12.1 Å². The second-order valence-electron chi connectivity index (χ2n) is 5.66. The first kappa shape index (κ1) is 17.0. The summed E-state index contributed by atoms with van der Waals surface area (Å²) in [5.41, 5.74) is 3.70. The summed E-state index contributed by atoms with van der Waals surface area (Å²) in [7, 11) is 3.51. The maximum absolute atomic E-state index is 5.74. The van der Waals surface area contributed by atoms with Crippen molar-refractivity contribution in [2.45, 2.75) is 46.8 Å². The lowest BCUT2D eigenvalue weighted by Gasteiger charge is -2.31. The van der Waals surface area contributed by atoms with Gasteiger partial charge in [0, 0.05) is 7.11 Å². The van der Waals surface area contributed by atoms with Gasteiger partial charge in [-0.1, -0.05) is 26.8 Å². The lowest BCUT2D eigenvalue weighted by atomic mass is 9.89. The Morgan fingerprint density at radius 1 is 1.10 bits per heavy atom. The first-order chi connectivity index (χ1) is 9.46. The summed E-state index contributed by atoms with van der Waals surface area (Å²) in [5.74, 6) is 1.39. The van der Waals surface area contributed by atoms with E-state index in [1.807, 2.05) is 0 Å². The maximum Gasteiger partial charge on any atom is 0.122 e. The third kappa shape index (κ3) is 3.74. The summed E-state index contributed by atoms with van der Waals surface area (Å²) in [6.45, 7) is 11.7. The van der Waals surface area contributed by atoms with Crippen molar-refractivity contribution in [3.63, 3.8) is 0 Å². The zero-order valence-electron chi connectivity index (χ0n) is 13.9. The molecular weight excluding hydrogens is 250 g/mol. The largest absolute Gasteiger partial charge is 0.496 e. The van der Waals surface area contributed by atoms with Crippen molar-refractivity contribution >= 4 is 0 Å². The van der Waals surface area contributed by atoms with E-state index in [9.17, 15) is 0 Å². The van der Waals surface area contributed by atoms with Crippen LogP contribution in [0.1, 0.15) is 43.5 Å². The predicted octanol–water partition coefficient (Wildman–Crippen LogP) is 3.63. The van der Waals surface area contributed by atoms with Crippen molar-refractivity contribution in [3.05, 3.63) is 28.8 Å². The van der Waals surface area contributed by atoms with Gasteiger partial charge in [0.05, 0.1) is 19.3 Å². The number of benzene rings is 1. The Bertz CT molecular complexity index is 429. The fourth-order valence-corrected chi connectivity index (χ4v) is 2.78. The predicted molar refractivity (Wildman–Crippen MR) is 84.5 cm³/mol. The lowest BCUT2D eigenvalue weighted by molar-refractivity contribution is 0.0329. The molecule has 114 valence electrons. The van der Waals surface area contributed by atoms with E-state index < -0.39 is 0 Å². The van der Waals surface area contributed by atoms with Crippen molar-refractivity contribution in [1.29, 1.82) is 0 Å². The molecule has 0 radical (unpaired) electrons. The molecule has 0 bridgehead atoms. The van der Waals surface area contributed by atoms with Gasteiger partial charge in [0.2, 0.25) is 0 Å². The summed E-state index contributed by atoms with van der Waals surface area (Å²) in [4.78, 5) is 0.